The Kier molecular flexibility index (Phi) is 5.76. The number of carbonyl (C=O) groups excluding carboxylic acids is 1. The first-order valence-corrected chi connectivity index (χ1v) is 8.97. The highest BCUT2D eigenvalue weighted by molar-refractivity contribution is 7.92. The molecule has 1 N–H and O–H groups in total. The molecule has 2 rings (SSSR count). The van der Waals surface area contributed by atoms with Gasteiger partial charge in [0, 0.05) is 0 Å². The maximum absolute atomic E-state index is 12.2. The van der Waals surface area contributed by atoms with Gasteiger partial charge in [-0.25, -0.2) is 13.2 Å². The van der Waals surface area contributed by atoms with Gasteiger partial charge in [-0.1, -0.05) is 49.4 Å². The second-order valence-corrected chi connectivity index (χ2v) is 6.87. The Morgan fingerprint density at radius 1 is 1.04 bits per heavy atom. The first kappa shape index (κ1) is 17.0. The summed E-state index contributed by atoms with van der Waals surface area (Å²) in [5.41, 5.74) is 1.30. The molecule has 0 atom stereocenters. The van der Waals surface area contributed by atoms with Crippen LogP contribution in [0.5, 0.6) is 0 Å². The molecule has 0 fully saturated rings. The number of sulfonamides is 1. The van der Waals surface area contributed by atoms with Gasteiger partial charge in [-0.15, -0.1) is 0 Å². The Hall–Kier alpha value is -2.34. The predicted molar refractivity (Wildman–Crippen MR) is 89.7 cm³/mol. The van der Waals surface area contributed by atoms with Crippen molar-refractivity contribution in [2.24, 2.45) is 0 Å². The molecule has 0 saturated heterocycles. The third-order valence-corrected chi connectivity index (χ3v) is 4.57. The third kappa shape index (κ3) is 5.10. The van der Waals surface area contributed by atoms with Gasteiger partial charge in [0.1, 0.15) is 6.61 Å². The van der Waals surface area contributed by atoms with E-state index in [1.165, 1.54) is 6.07 Å². The smallest absolute Gasteiger partial charge is 0.340 e. The quantitative estimate of drug-likeness (QED) is 0.790. The summed E-state index contributed by atoms with van der Waals surface area (Å²) in [5, 5.41) is 0. The number of para-hydroxylation sites is 1. The second kappa shape index (κ2) is 7.78. The highest BCUT2D eigenvalue weighted by atomic mass is 32.2. The van der Waals surface area contributed by atoms with E-state index >= 15 is 0 Å². The lowest BCUT2D eigenvalue weighted by Gasteiger charge is -2.12. The molecule has 0 saturated carbocycles. The van der Waals surface area contributed by atoms with Gasteiger partial charge in [0.15, 0.2) is 0 Å². The number of ether oxygens (including phenoxy) is 1. The Balaban J connectivity index is 2.11. The van der Waals surface area contributed by atoms with Crippen LogP contribution in [0.25, 0.3) is 0 Å². The molecule has 122 valence electrons. The lowest BCUT2D eigenvalue weighted by Crippen LogP contribution is -2.18. The molecule has 2 aromatic rings. The van der Waals surface area contributed by atoms with Crippen LogP contribution in [0.1, 0.15) is 29.3 Å². The predicted octanol–water partition coefficient (Wildman–Crippen LogP) is 3.20. The van der Waals surface area contributed by atoms with Crippen molar-refractivity contribution in [3.05, 3.63) is 65.7 Å². The highest BCUT2D eigenvalue weighted by Gasteiger charge is 2.17. The first-order chi connectivity index (χ1) is 11.0. The molecule has 0 bridgehead atoms. The van der Waals surface area contributed by atoms with Crippen molar-refractivity contribution >= 4 is 21.7 Å². The van der Waals surface area contributed by atoms with Crippen molar-refractivity contribution in [3.8, 4) is 0 Å². The summed E-state index contributed by atoms with van der Waals surface area (Å²) in [6.07, 6.45) is 0.496. The van der Waals surface area contributed by atoms with Crippen molar-refractivity contribution in [2.75, 3.05) is 10.5 Å². The minimum atomic E-state index is -3.47. The Bertz CT molecular complexity index is 757. The molecule has 0 amide bonds. The normalized spacial score (nSPS) is 11.0. The summed E-state index contributed by atoms with van der Waals surface area (Å²) in [6, 6.07) is 15.7. The van der Waals surface area contributed by atoms with Crippen molar-refractivity contribution in [1.29, 1.82) is 0 Å². The molecule has 6 heteroatoms. The van der Waals surface area contributed by atoms with Crippen molar-refractivity contribution in [2.45, 2.75) is 20.0 Å². The van der Waals surface area contributed by atoms with Gasteiger partial charge in [0.2, 0.25) is 10.0 Å². The zero-order chi connectivity index (χ0) is 16.7. The molecule has 0 unspecified atom stereocenters. The summed E-state index contributed by atoms with van der Waals surface area (Å²) in [4.78, 5) is 12.2. The largest absolute Gasteiger partial charge is 0.457 e. The van der Waals surface area contributed by atoms with E-state index in [9.17, 15) is 13.2 Å². The van der Waals surface area contributed by atoms with E-state index in [0.717, 1.165) is 5.56 Å². The molecule has 0 aliphatic rings. The van der Waals surface area contributed by atoms with Gasteiger partial charge in [-0.05, 0) is 24.1 Å². The summed E-state index contributed by atoms with van der Waals surface area (Å²) in [6.45, 7) is 1.91. The van der Waals surface area contributed by atoms with Gasteiger partial charge < -0.3 is 4.74 Å². The van der Waals surface area contributed by atoms with E-state index in [-0.39, 0.29) is 23.6 Å². The Morgan fingerprint density at radius 3 is 2.39 bits per heavy atom. The standard InChI is InChI=1S/C17H19NO4S/c1-2-12-23(20,21)18-16-11-7-6-10-15(16)17(19)22-13-14-8-4-3-5-9-14/h3-11,18H,2,12-13H2,1H3. The van der Waals surface area contributed by atoms with E-state index in [4.69, 9.17) is 4.74 Å². The van der Waals surface area contributed by atoms with Crippen LogP contribution in [0, 0.1) is 0 Å². The van der Waals surface area contributed by atoms with E-state index in [0.29, 0.717) is 6.42 Å². The number of esters is 1. The van der Waals surface area contributed by atoms with Crippen molar-refractivity contribution < 1.29 is 17.9 Å². The lowest BCUT2D eigenvalue weighted by molar-refractivity contribution is 0.0474. The van der Waals surface area contributed by atoms with Crippen LogP contribution in [0.3, 0.4) is 0 Å². The monoisotopic (exact) mass is 333 g/mol. The minimum absolute atomic E-state index is 0.000394. The molecule has 0 heterocycles. The summed E-state index contributed by atoms with van der Waals surface area (Å²) in [7, 11) is -3.47. The number of nitrogens with one attached hydrogen (secondary N) is 1. The maximum atomic E-state index is 12.2. The molecule has 0 aliphatic carbocycles. The van der Waals surface area contributed by atoms with E-state index in [1.54, 1.807) is 25.1 Å². The number of rotatable bonds is 7. The van der Waals surface area contributed by atoms with E-state index in [1.807, 2.05) is 30.3 Å². The molecule has 0 aromatic heterocycles. The molecule has 0 radical (unpaired) electrons. The average Bonchev–Trinajstić information content (AvgIpc) is 2.53. The Labute approximate surface area is 136 Å². The average molecular weight is 333 g/mol. The molecular formula is C17H19NO4S. The Morgan fingerprint density at radius 2 is 1.70 bits per heavy atom. The van der Waals surface area contributed by atoms with E-state index < -0.39 is 16.0 Å². The maximum Gasteiger partial charge on any atom is 0.340 e. The summed E-state index contributed by atoms with van der Waals surface area (Å²) < 4.78 is 31.5. The number of hydrogen-bond acceptors (Lipinski definition) is 4. The fourth-order valence-corrected chi connectivity index (χ4v) is 3.19. The molecular weight excluding hydrogens is 314 g/mol. The van der Waals surface area contributed by atoms with Gasteiger partial charge >= 0.3 is 5.97 Å². The minimum Gasteiger partial charge on any atom is -0.457 e. The number of hydrogen-bond donors (Lipinski definition) is 1. The SMILES string of the molecule is CCCS(=O)(=O)Nc1ccccc1C(=O)OCc1ccccc1. The van der Waals surface area contributed by atoms with Gasteiger partial charge in [0.25, 0.3) is 0 Å². The van der Waals surface area contributed by atoms with Gasteiger partial charge in [-0.2, -0.15) is 0 Å². The number of benzene rings is 2. The lowest BCUT2D eigenvalue weighted by atomic mass is 10.2. The number of anilines is 1. The van der Waals surface area contributed by atoms with E-state index in [2.05, 4.69) is 4.72 Å². The van der Waals surface area contributed by atoms with Gasteiger partial charge in [0.05, 0.1) is 17.0 Å². The fourth-order valence-electron chi connectivity index (χ4n) is 2.04. The van der Waals surface area contributed by atoms with Crippen LogP contribution >= 0.6 is 0 Å². The number of carbonyl (C=O) groups is 1. The van der Waals surface area contributed by atoms with Crippen LogP contribution < -0.4 is 4.72 Å². The van der Waals surface area contributed by atoms with Gasteiger partial charge in [-0.3, -0.25) is 4.72 Å². The first-order valence-electron chi connectivity index (χ1n) is 7.32. The highest BCUT2D eigenvalue weighted by Crippen LogP contribution is 2.18. The van der Waals surface area contributed by atoms with Crippen molar-refractivity contribution in [1.82, 2.24) is 0 Å². The molecule has 0 aliphatic heterocycles. The topological polar surface area (TPSA) is 72.5 Å². The molecule has 2 aromatic carbocycles. The van der Waals surface area contributed by atoms with Crippen LogP contribution in [0.2, 0.25) is 0 Å². The van der Waals surface area contributed by atoms with Crippen LogP contribution in [0.15, 0.2) is 54.6 Å². The molecule has 23 heavy (non-hydrogen) atoms. The van der Waals surface area contributed by atoms with Crippen molar-refractivity contribution in [3.63, 3.8) is 0 Å². The summed E-state index contributed by atoms with van der Waals surface area (Å²) >= 11 is 0. The zero-order valence-corrected chi connectivity index (χ0v) is 13.7. The second-order valence-electron chi connectivity index (χ2n) is 5.03. The third-order valence-electron chi connectivity index (χ3n) is 3.10. The van der Waals surface area contributed by atoms with Crippen LogP contribution in [-0.2, 0) is 21.4 Å². The van der Waals surface area contributed by atoms with Crippen LogP contribution in [-0.4, -0.2) is 20.1 Å². The van der Waals surface area contributed by atoms with Crippen LogP contribution in [0.4, 0.5) is 5.69 Å². The molecule has 5 nitrogen and oxygen atoms in total. The summed E-state index contributed by atoms with van der Waals surface area (Å²) in [5.74, 6) is -0.566. The fraction of sp³-hybridized carbons (Fsp3) is 0.235. The molecule has 0 spiro atoms. The zero-order valence-electron chi connectivity index (χ0n) is 12.9.